The lowest BCUT2D eigenvalue weighted by Gasteiger charge is -2.27. The number of carboxylic acid groups (broad SMARTS) is 1. The van der Waals surface area contributed by atoms with Gasteiger partial charge in [0.1, 0.15) is 0 Å². The molecule has 1 rings (SSSR count). The number of rotatable bonds is 6. The van der Waals surface area contributed by atoms with Gasteiger partial charge in [0.15, 0.2) is 0 Å². The van der Waals surface area contributed by atoms with Gasteiger partial charge >= 0.3 is 5.97 Å². The third kappa shape index (κ3) is 4.67. The highest BCUT2D eigenvalue weighted by molar-refractivity contribution is 6.30. The summed E-state index contributed by atoms with van der Waals surface area (Å²) in [6.45, 7) is 6.89. The molecular formula is C14H20ClNO2. The van der Waals surface area contributed by atoms with Crippen molar-refractivity contribution in [1.29, 1.82) is 0 Å². The Morgan fingerprint density at radius 2 is 2.06 bits per heavy atom. The van der Waals surface area contributed by atoms with E-state index in [1.165, 1.54) is 0 Å². The normalized spacial score (nSPS) is 13.0. The van der Waals surface area contributed by atoms with Crippen molar-refractivity contribution < 1.29 is 9.90 Å². The van der Waals surface area contributed by atoms with Crippen molar-refractivity contribution in [2.75, 3.05) is 13.1 Å². The van der Waals surface area contributed by atoms with Crippen LogP contribution in [0.15, 0.2) is 24.3 Å². The van der Waals surface area contributed by atoms with Crippen LogP contribution in [0.2, 0.25) is 5.02 Å². The molecule has 18 heavy (non-hydrogen) atoms. The number of hydrogen-bond donors (Lipinski definition) is 1. The van der Waals surface area contributed by atoms with Crippen LogP contribution >= 0.6 is 11.6 Å². The first-order valence-corrected chi connectivity index (χ1v) is 6.49. The fourth-order valence-corrected chi connectivity index (χ4v) is 2.10. The Hall–Kier alpha value is -1.06. The van der Waals surface area contributed by atoms with Gasteiger partial charge in [-0.2, -0.15) is 0 Å². The van der Waals surface area contributed by atoms with Crippen molar-refractivity contribution in [1.82, 2.24) is 4.90 Å². The van der Waals surface area contributed by atoms with E-state index in [9.17, 15) is 4.79 Å². The molecular weight excluding hydrogens is 250 g/mol. The predicted octanol–water partition coefficient (Wildman–Crippen LogP) is 3.24. The number of nitrogens with zero attached hydrogens (tertiary/aromatic N) is 1. The van der Waals surface area contributed by atoms with Gasteiger partial charge in [0.05, 0.1) is 6.54 Å². The first-order chi connectivity index (χ1) is 8.40. The van der Waals surface area contributed by atoms with Crippen LogP contribution in [-0.2, 0) is 4.79 Å². The number of aliphatic carboxylic acids is 1. The van der Waals surface area contributed by atoms with E-state index in [4.69, 9.17) is 16.7 Å². The van der Waals surface area contributed by atoms with E-state index in [2.05, 4.69) is 6.92 Å². The van der Waals surface area contributed by atoms with Gasteiger partial charge in [-0.15, -0.1) is 0 Å². The second-order valence-corrected chi connectivity index (χ2v) is 5.31. The lowest BCUT2D eigenvalue weighted by molar-refractivity contribution is -0.138. The lowest BCUT2D eigenvalue weighted by Crippen LogP contribution is -2.38. The number of benzene rings is 1. The topological polar surface area (TPSA) is 40.5 Å². The molecule has 0 saturated carbocycles. The Kier molecular flexibility index (Phi) is 5.63. The molecule has 0 fully saturated rings. The zero-order valence-electron chi connectivity index (χ0n) is 11.1. The first kappa shape index (κ1) is 15.0. The van der Waals surface area contributed by atoms with E-state index >= 15 is 0 Å². The number of carboxylic acids is 1. The Morgan fingerprint density at radius 1 is 1.39 bits per heavy atom. The van der Waals surface area contributed by atoms with Gasteiger partial charge in [-0.3, -0.25) is 9.69 Å². The van der Waals surface area contributed by atoms with Crippen LogP contribution in [-0.4, -0.2) is 35.1 Å². The van der Waals surface area contributed by atoms with Gasteiger partial charge in [0.2, 0.25) is 0 Å². The number of halogens is 1. The number of hydrogen-bond acceptors (Lipinski definition) is 2. The van der Waals surface area contributed by atoms with Crippen LogP contribution in [0.1, 0.15) is 32.3 Å². The Labute approximate surface area is 113 Å². The molecule has 1 aromatic rings. The molecule has 0 radical (unpaired) electrons. The van der Waals surface area contributed by atoms with Gasteiger partial charge in [-0.25, -0.2) is 0 Å². The Bertz CT molecular complexity index is 407. The molecule has 0 spiro atoms. The molecule has 0 heterocycles. The summed E-state index contributed by atoms with van der Waals surface area (Å²) in [6, 6.07) is 7.93. The van der Waals surface area contributed by atoms with Crippen molar-refractivity contribution >= 4 is 17.6 Å². The van der Waals surface area contributed by atoms with E-state index < -0.39 is 5.97 Å². The monoisotopic (exact) mass is 269 g/mol. The molecule has 3 nitrogen and oxygen atoms in total. The van der Waals surface area contributed by atoms with Crippen LogP contribution in [0.5, 0.6) is 0 Å². The summed E-state index contributed by atoms with van der Waals surface area (Å²) in [4.78, 5) is 12.8. The Balaban J connectivity index is 2.71. The van der Waals surface area contributed by atoms with Crippen molar-refractivity contribution in [3.8, 4) is 0 Å². The standard InChI is InChI=1S/C14H20ClNO2/c1-10(2)16(9-14(17)18)8-11(3)12-5-4-6-13(15)7-12/h4-7,10-11H,8-9H2,1-3H3,(H,17,18). The minimum atomic E-state index is -0.790. The molecule has 1 aromatic carbocycles. The van der Waals surface area contributed by atoms with Crippen molar-refractivity contribution in [3.63, 3.8) is 0 Å². The first-order valence-electron chi connectivity index (χ1n) is 6.11. The van der Waals surface area contributed by atoms with Crippen molar-refractivity contribution in [2.24, 2.45) is 0 Å². The van der Waals surface area contributed by atoms with Crippen molar-refractivity contribution in [3.05, 3.63) is 34.9 Å². The van der Waals surface area contributed by atoms with Crippen LogP contribution in [0.3, 0.4) is 0 Å². The second-order valence-electron chi connectivity index (χ2n) is 4.87. The summed E-state index contributed by atoms with van der Waals surface area (Å²) in [5.41, 5.74) is 1.14. The zero-order chi connectivity index (χ0) is 13.7. The predicted molar refractivity (Wildman–Crippen MR) is 74.2 cm³/mol. The van der Waals surface area contributed by atoms with E-state index in [0.29, 0.717) is 11.6 Å². The molecule has 0 aliphatic carbocycles. The van der Waals surface area contributed by atoms with Gasteiger partial charge < -0.3 is 5.11 Å². The molecule has 0 saturated heterocycles. The largest absolute Gasteiger partial charge is 0.480 e. The number of carbonyl (C=O) groups is 1. The fraction of sp³-hybridized carbons (Fsp3) is 0.500. The zero-order valence-corrected chi connectivity index (χ0v) is 11.8. The second kappa shape index (κ2) is 6.76. The van der Waals surface area contributed by atoms with Crippen LogP contribution in [0.4, 0.5) is 0 Å². The molecule has 0 bridgehead atoms. The quantitative estimate of drug-likeness (QED) is 0.862. The summed E-state index contributed by atoms with van der Waals surface area (Å²) < 4.78 is 0. The molecule has 0 aliphatic heterocycles. The lowest BCUT2D eigenvalue weighted by atomic mass is 10.00. The van der Waals surface area contributed by atoms with E-state index in [0.717, 1.165) is 5.56 Å². The molecule has 0 aliphatic rings. The molecule has 1 N–H and O–H groups in total. The molecule has 0 aromatic heterocycles. The van der Waals surface area contributed by atoms with Crippen molar-refractivity contribution in [2.45, 2.75) is 32.7 Å². The molecule has 0 amide bonds. The average Bonchev–Trinajstić information content (AvgIpc) is 2.27. The summed E-state index contributed by atoms with van der Waals surface area (Å²) in [6.07, 6.45) is 0. The van der Waals surface area contributed by atoms with Crippen LogP contribution in [0, 0.1) is 0 Å². The van der Waals surface area contributed by atoms with Gasteiger partial charge in [-0.05, 0) is 37.5 Å². The highest BCUT2D eigenvalue weighted by Crippen LogP contribution is 2.21. The summed E-state index contributed by atoms with van der Waals surface area (Å²) in [7, 11) is 0. The fourth-order valence-electron chi connectivity index (χ4n) is 1.90. The summed E-state index contributed by atoms with van der Waals surface area (Å²) in [5, 5.41) is 9.61. The molecule has 1 unspecified atom stereocenters. The van der Waals surface area contributed by atoms with Gasteiger partial charge in [0.25, 0.3) is 0 Å². The maximum atomic E-state index is 10.8. The van der Waals surface area contributed by atoms with Crippen LogP contribution in [0.25, 0.3) is 0 Å². The minimum Gasteiger partial charge on any atom is -0.480 e. The van der Waals surface area contributed by atoms with Gasteiger partial charge in [-0.1, -0.05) is 30.7 Å². The average molecular weight is 270 g/mol. The highest BCUT2D eigenvalue weighted by atomic mass is 35.5. The van der Waals surface area contributed by atoms with Crippen LogP contribution < -0.4 is 0 Å². The third-order valence-corrected chi connectivity index (χ3v) is 3.23. The highest BCUT2D eigenvalue weighted by Gasteiger charge is 2.17. The maximum Gasteiger partial charge on any atom is 0.317 e. The van der Waals surface area contributed by atoms with E-state index in [1.807, 2.05) is 43.0 Å². The van der Waals surface area contributed by atoms with E-state index in [-0.39, 0.29) is 18.5 Å². The molecule has 4 heteroatoms. The SMILES string of the molecule is CC(CN(CC(=O)O)C(C)C)c1cccc(Cl)c1. The van der Waals surface area contributed by atoms with Gasteiger partial charge in [0, 0.05) is 17.6 Å². The third-order valence-electron chi connectivity index (χ3n) is 2.99. The Morgan fingerprint density at radius 3 is 2.56 bits per heavy atom. The maximum absolute atomic E-state index is 10.8. The summed E-state index contributed by atoms with van der Waals surface area (Å²) >= 11 is 5.96. The smallest absolute Gasteiger partial charge is 0.317 e. The van der Waals surface area contributed by atoms with E-state index in [1.54, 1.807) is 0 Å². The summed E-state index contributed by atoms with van der Waals surface area (Å²) in [5.74, 6) is -0.535. The molecule has 100 valence electrons. The molecule has 1 atom stereocenters. The minimum absolute atomic E-state index is 0.0720.